The van der Waals surface area contributed by atoms with Crippen molar-refractivity contribution in [2.75, 3.05) is 0 Å². The maximum absolute atomic E-state index is 10.8. The average molecular weight is 210 g/mol. The highest BCUT2D eigenvalue weighted by molar-refractivity contribution is 6.29. The summed E-state index contributed by atoms with van der Waals surface area (Å²) in [5, 5.41) is 0.515. The first-order chi connectivity index (χ1) is 6.63. The second-order valence-corrected chi connectivity index (χ2v) is 4.48. The van der Waals surface area contributed by atoms with Crippen molar-refractivity contribution < 1.29 is 4.79 Å². The lowest BCUT2D eigenvalue weighted by Crippen LogP contribution is -2.06. The highest BCUT2D eigenvalue weighted by atomic mass is 35.5. The van der Waals surface area contributed by atoms with Crippen LogP contribution in [0.15, 0.2) is 12.1 Å². The number of carbonyl (C=O) groups excluding carboxylic acids is 1. The number of nitrogens with zero attached hydrogens (tertiary/aromatic N) is 1. The largest absolute Gasteiger partial charge is 0.303 e. The van der Waals surface area contributed by atoms with Gasteiger partial charge in [-0.1, -0.05) is 11.6 Å². The van der Waals surface area contributed by atoms with Gasteiger partial charge in [-0.3, -0.25) is 0 Å². The van der Waals surface area contributed by atoms with Gasteiger partial charge in [-0.2, -0.15) is 0 Å². The molecule has 0 aromatic carbocycles. The lowest BCUT2D eigenvalue weighted by molar-refractivity contribution is -0.112. The Bertz CT molecular complexity index is 351. The van der Waals surface area contributed by atoms with Crippen LogP contribution in [0.5, 0.6) is 0 Å². The molecule has 14 heavy (non-hydrogen) atoms. The molecule has 0 aliphatic heterocycles. The van der Waals surface area contributed by atoms with E-state index in [4.69, 9.17) is 11.6 Å². The summed E-state index contributed by atoms with van der Waals surface area (Å²) in [5.41, 5.74) is 1.94. The van der Waals surface area contributed by atoms with Gasteiger partial charge >= 0.3 is 0 Å². The van der Waals surface area contributed by atoms with E-state index in [0.717, 1.165) is 36.8 Å². The van der Waals surface area contributed by atoms with E-state index in [1.807, 2.05) is 19.1 Å². The third-order valence-corrected chi connectivity index (χ3v) is 2.87. The number of halogens is 1. The molecule has 1 heterocycles. The van der Waals surface area contributed by atoms with E-state index in [-0.39, 0.29) is 5.41 Å². The van der Waals surface area contributed by atoms with Gasteiger partial charge < -0.3 is 4.79 Å². The van der Waals surface area contributed by atoms with Gasteiger partial charge in [-0.05, 0) is 43.9 Å². The van der Waals surface area contributed by atoms with Crippen molar-refractivity contribution in [2.45, 2.75) is 26.2 Å². The van der Waals surface area contributed by atoms with Crippen molar-refractivity contribution >= 4 is 17.9 Å². The van der Waals surface area contributed by atoms with Crippen molar-refractivity contribution in [1.82, 2.24) is 4.98 Å². The SMILES string of the molecule is Cc1cc(CC2(C=O)CC2)cc(Cl)n1. The summed E-state index contributed by atoms with van der Waals surface area (Å²) in [5.74, 6) is 0. The second-order valence-electron chi connectivity index (χ2n) is 4.10. The van der Waals surface area contributed by atoms with Gasteiger partial charge in [0, 0.05) is 11.1 Å². The molecule has 0 radical (unpaired) electrons. The molecule has 1 saturated carbocycles. The summed E-state index contributed by atoms with van der Waals surface area (Å²) in [4.78, 5) is 14.9. The first-order valence-electron chi connectivity index (χ1n) is 4.73. The van der Waals surface area contributed by atoms with Crippen molar-refractivity contribution in [2.24, 2.45) is 5.41 Å². The Hall–Kier alpha value is -0.890. The molecule has 0 spiro atoms. The number of rotatable bonds is 3. The van der Waals surface area contributed by atoms with Crippen LogP contribution >= 0.6 is 11.6 Å². The molecule has 1 aromatic heterocycles. The quantitative estimate of drug-likeness (QED) is 0.566. The zero-order valence-corrected chi connectivity index (χ0v) is 8.84. The molecule has 2 rings (SSSR count). The van der Waals surface area contributed by atoms with Gasteiger partial charge in [0.1, 0.15) is 11.4 Å². The Morgan fingerprint density at radius 2 is 2.29 bits per heavy atom. The number of aldehydes is 1. The fraction of sp³-hybridized carbons (Fsp3) is 0.455. The second kappa shape index (κ2) is 3.35. The van der Waals surface area contributed by atoms with E-state index in [1.165, 1.54) is 0 Å². The van der Waals surface area contributed by atoms with Crippen molar-refractivity contribution in [1.29, 1.82) is 0 Å². The summed E-state index contributed by atoms with van der Waals surface area (Å²) in [6.45, 7) is 1.91. The molecule has 0 unspecified atom stereocenters. The van der Waals surface area contributed by atoms with E-state index >= 15 is 0 Å². The maximum atomic E-state index is 10.8. The van der Waals surface area contributed by atoms with E-state index < -0.39 is 0 Å². The number of aryl methyl sites for hydroxylation is 1. The fourth-order valence-electron chi connectivity index (χ4n) is 1.70. The topological polar surface area (TPSA) is 30.0 Å². The molecule has 1 aliphatic rings. The normalized spacial score (nSPS) is 17.9. The minimum atomic E-state index is -0.0862. The number of hydrogen-bond donors (Lipinski definition) is 0. The van der Waals surface area contributed by atoms with Gasteiger partial charge in [0.05, 0.1) is 0 Å². The number of hydrogen-bond acceptors (Lipinski definition) is 2. The number of aromatic nitrogens is 1. The molecule has 2 nitrogen and oxygen atoms in total. The van der Waals surface area contributed by atoms with Gasteiger partial charge in [0.15, 0.2) is 0 Å². The Morgan fingerprint density at radius 3 is 2.79 bits per heavy atom. The van der Waals surface area contributed by atoms with E-state index in [2.05, 4.69) is 4.98 Å². The summed E-state index contributed by atoms with van der Waals surface area (Å²) in [6, 6.07) is 3.84. The Kier molecular flexibility index (Phi) is 2.31. The molecule has 1 aromatic rings. The average Bonchev–Trinajstić information content (AvgIpc) is 2.83. The van der Waals surface area contributed by atoms with E-state index in [0.29, 0.717) is 5.15 Å². The first kappa shape index (κ1) is 9.66. The van der Waals surface area contributed by atoms with Crippen LogP contribution in [-0.4, -0.2) is 11.3 Å². The Morgan fingerprint density at radius 1 is 1.57 bits per heavy atom. The van der Waals surface area contributed by atoms with Crippen LogP contribution in [0.1, 0.15) is 24.1 Å². The van der Waals surface area contributed by atoms with Crippen LogP contribution in [0.4, 0.5) is 0 Å². The Balaban J connectivity index is 2.20. The molecular weight excluding hydrogens is 198 g/mol. The summed E-state index contributed by atoms with van der Waals surface area (Å²) >= 11 is 5.84. The number of pyridine rings is 1. The van der Waals surface area contributed by atoms with E-state index in [1.54, 1.807) is 0 Å². The van der Waals surface area contributed by atoms with Crippen LogP contribution in [0.3, 0.4) is 0 Å². The molecule has 3 heteroatoms. The van der Waals surface area contributed by atoms with Crippen molar-refractivity contribution in [3.63, 3.8) is 0 Å². The van der Waals surface area contributed by atoms with Crippen LogP contribution < -0.4 is 0 Å². The third-order valence-electron chi connectivity index (χ3n) is 2.68. The van der Waals surface area contributed by atoms with Crippen LogP contribution in [0, 0.1) is 12.3 Å². The predicted octanol–water partition coefficient (Wildman–Crippen LogP) is 2.57. The monoisotopic (exact) mass is 209 g/mol. The zero-order chi connectivity index (χ0) is 10.2. The Labute approximate surface area is 88.3 Å². The highest BCUT2D eigenvalue weighted by Crippen LogP contribution is 2.46. The first-order valence-corrected chi connectivity index (χ1v) is 5.11. The molecule has 1 fully saturated rings. The predicted molar refractivity (Wildman–Crippen MR) is 55.4 cm³/mol. The summed E-state index contributed by atoms with van der Waals surface area (Å²) in [7, 11) is 0. The minimum Gasteiger partial charge on any atom is -0.303 e. The van der Waals surface area contributed by atoms with Crippen LogP contribution in [0.25, 0.3) is 0 Å². The summed E-state index contributed by atoms with van der Waals surface area (Å²) < 4.78 is 0. The van der Waals surface area contributed by atoms with Crippen molar-refractivity contribution in [3.05, 3.63) is 28.5 Å². The molecule has 0 amide bonds. The molecular formula is C11H12ClNO. The minimum absolute atomic E-state index is 0.0862. The van der Waals surface area contributed by atoms with Gasteiger partial charge in [0.2, 0.25) is 0 Å². The molecule has 74 valence electrons. The lowest BCUT2D eigenvalue weighted by atomic mass is 9.98. The number of carbonyl (C=O) groups is 1. The molecule has 0 N–H and O–H groups in total. The van der Waals surface area contributed by atoms with Crippen LogP contribution in [0.2, 0.25) is 5.15 Å². The molecule has 0 bridgehead atoms. The fourth-order valence-corrected chi connectivity index (χ4v) is 1.97. The van der Waals surface area contributed by atoms with Gasteiger partial charge in [-0.25, -0.2) is 4.98 Å². The molecule has 1 aliphatic carbocycles. The lowest BCUT2D eigenvalue weighted by Gasteiger charge is -2.07. The van der Waals surface area contributed by atoms with Gasteiger partial charge in [-0.15, -0.1) is 0 Å². The summed E-state index contributed by atoms with van der Waals surface area (Å²) in [6.07, 6.45) is 3.90. The zero-order valence-electron chi connectivity index (χ0n) is 8.09. The highest BCUT2D eigenvalue weighted by Gasteiger charge is 2.42. The smallest absolute Gasteiger partial charge is 0.129 e. The van der Waals surface area contributed by atoms with Crippen molar-refractivity contribution in [3.8, 4) is 0 Å². The molecule has 0 atom stereocenters. The van der Waals surface area contributed by atoms with E-state index in [9.17, 15) is 4.79 Å². The standard InChI is InChI=1S/C11H12ClNO/c1-8-4-9(5-10(12)13-8)6-11(7-14)2-3-11/h4-5,7H,2-3,6H2,1H3. The van der Waals surface area contributed by atoms with Crippen LogP contribution in [-0.2, 0) is 11.2 Å². The maximum Gasteiger partial charge on any atom is 0.129 e. The van der Waals surface area contributed by atoms with Gasteiger partial charge in [0.25, 0.3) is 0 Å². The third kappa shape index (κ3) is 1.95. The molecule has 0 saturated heterocycles.